The highest BCUT2D eigenvalue weighted by atomic mass is 32.2. The molecule has 108 valence electrons. The fourth-order valence-corrected chi connectivity index (χ4v) is 3.03. The third-order valence-corrected chi connectivity index (χ3v) is 4.74. The Morgan fingerprint density at radius 1 is 1.35 bits per heavy atom. The van der Waals surface area contributed by atoms with Crippen molar-refractivity contribution in [2.45, 2.75) is 18.1 Å². The molecule has 0 spiro atoms. The van der Waals surface area contributed by atoms with Crippen LogP contribution in [0.2, 0.25) is 0 Å². The molecule has 3 N–H and O–H groups in total. The van der Waals surface area contributed by atoms with Gasteiger partial charge in [0, 0.05) is 31.3 Å². The summed E-state index contributed by atoms with van der Waals surface area (Å²) >= 11 is 0. The second kappa shape index (κ2) is 5.70. The van der Waals surface area contributed by atoms with Gasteiger partial charge in [0.1, 0.15) is 5.82 Å². The van der Waals surface area contributed by atoms with Gasteiger partial charge >= 0.3 is 0 Å². The van der Waals surface area contributed by atoms with E-state index in [1.165, 1.54) is 25.4 Å². The number of H-pyrrole nitrogens is 1. The molecular weight excluding hydrogens is 283 g/mol. The monoisotopic (exact) mass is 298 g/mol. The number of benzene rings is 1. The molecule has 1 aromatic heterocycles. The number of hydrogen-bond acceptors (Lipinski definition) is 4. The summed E-state index contributed by atoms with van der Waals surface area (Å²) in [6.45, 7) is -0.0172. The number of aromatic nitrogens is 2. The van der Waals surface area contributed by atoms with Crippen molar-refractivity contribution in [3.05, 3.63) is 47.4 Å². The topological polar surface area (TPSA) is 92.1 Å². The molecule has 0 atom stereocenters. The van der Waals surface area contributed by atoms with Crippen LogP contribution in [0.4, 0.5) is 4.39 Å². The van der Waals surface area contributed by atoms with Gasteiger partial charge in [0.2, 0.25) is 0 Å². The first-order chi connectivity index (χ1) is 9.46. The summed E-state index contributed by atoms with van der Waals surface area (Å²) in [5.41, 5.74) is 6.16. The average Bonchev–Trinajstić information content (AvgIpc) is 2.90. The molecule has 0 fully saturated rings. The minimum Gasteiger partial charge on any atom is -0.326 e. The number of halogens is 1. The highest BCUT2D eigenvalue weighted by molar-refractivity contribution is 7.89. The fourth-order valence-electron chi connectivity index (χ4n) is 1.78. The Kier molecular flexibility index (Phi) is 4.17. The molecule has 1 aromatic carbocycles. The van der Waals surface area contributed by atoms with Gasteiger partial charge in [-0.05, 0) is 6.07 Å². The van der Waals surface area contributed by atoms with Crippen LogP contribution in [-0.4, -0.2) is 30.0 Å². The molecule has 6 nitrogen and oxygen atoms in total. The van der Waals surface area contributed by atoms with Crippen molar-refractivity contribution in [2.24, 2.45) is 5.73 Å². The number of nitrogens with one attached hydrogen (secondary N) is 1. The largest absolute Gasteiger partial charge is 0.326 e. The van der Waals surface area contributed by atoms with Gasteiger partial charge in [-0.3, -0.25) is 5.10 Å². The summed E-state index contributed by atoms with van der Waals surface area (Å²) in [5.74, 6) is -0.446. The molecule has 0 saturated heterocycles. The maximum Gasteiger partial charge on any atom is 0.260 e. The molecular formula is C12H15FN4O2S. The second-order valence-corrected chi connectivity index (χ2v) is 6.26. The lowest BCUT2D eigenvalue weighted by atomic mass is 10.2. The Morgan fingerprint density at radius 2 is 2.05 bits per heavy atom. The number of sulfonamides is 1. The molecule has 20 heavy (non-hydrogen) atoms. The van der Waals surface area contributed by atoms with Gasteiger partial charge in [-0.15, -0.1) is 0 Å². The summed E-state index contributed by atoms with van der Waals surface area (Å²) in [6.07, 6.45) is 1.36. The van der Waals surface area contributed by atoms with Crippen molar-refractivity contribution in [3.63, 3.8) is 0 Å². The van der Waals surface area contributed by atoms with Crippen LogP contribution in [0, 0.1) is 5.82 Å². The normalized spacial score (nSPS) is 12.0. The van der Waals surface area contributed by atoms with E-state index in [1.54, 1.807) is 12.1 Å². The number of nitrogens with two attached hydrogens (primary N) is 1. The van der Waals surface area contributed by atoms with Crippen molar-refractivity contribution in [1.29, 1.82) is 0 Å². The molecule has 0 unspecified atom stereocenters. The minimum atomic E-state index is -3.78. The first kappa shape index (κ1) is 14.6. The van der Waals surface area contributed by atoms with Crippen LogP contribution in [0.1, 0.15) is 11.1 Å². The van der Waals surface area contributed by atoms with Gasteiger partial charge in [-0.1, -0.05) is 18.2 Å². The van der Waals surface area contributed by atoms with Crippen molar-refractivity contribution in [1.82, 2.24) is 14.5 Å². The standard InChI is InChI=1S/C12H15FN4O2S/c1-17(8-9-4-2-3-5-11(9)13)20(18,19)12-10(6-14)7-15-16-12/h2-5,7H,6,8,14H2,1H3,(H,15,16). The Bertz CT molecular complexity index is 699. The molecule has 1 heterocycles. The molecule has 2 rings (SSSR count). The van der Waals surface area contributed by atoms with Gasteiger partial charge in [0.05, 0.1) is 6.20 Å². The third-order valence-electron chi connectivity index (χ3n) is 2.92. The van der Waals surface area contributed by atoms with E-state index in [-0.39, 0.29) is 18.1 Å². The van der Waals surface area contributed by atoms with Crippen LogP contribution >= 0.6 is 0 Å². The first-order valence-electron chi connectivity index (χ1n) is 5.89. The van der Waals surface area contributed by atoms with Gasteiger partial charge in [0.15, 0.2) is 5.03 Å². The molecule has 0 saturated carbocycles. The van der Waals surface area contributed by atoms with E-state index in [9.17, 15) is 12.8 Å². The minimum absolute atomic E-state index is 0.0542. The molecule has 0 bridgehead atoms. The van der Waals surface area contributed by atoms with E-state index in [4.69, 9.17) is 5.73 Å². The van der Waals surface area contributed by atoms with Crippen LogP contribution in [0.25, 0.3) is 0 Å². The van der Waals surface area contributed by atoms with Crippen LogP contribution < -0.4 is 5.73 Å². The maximum atomic E-state index is 13.6. The summed E-state index contributed by atoms with van der Waals surface area (Å²) in [6, 6.07) is 6.03. The summed E-state index contributed by atoms with van der Waals surface area (Å²) in [7, 11) is -2.41. The second-order valence-electron chi connectivity index (χ2n) is 4.28. The Hall–Kier alpha value is -1.77. The van der Waals surface area contributed by atoms with Crippen LogP contribution in [0.3, 0.4) is 0 Å². The molecule has 0 radical (unpaired) electrons. The fraction of sp³-hybridized carbons (Fsp3) is 0.250. The number of hydrogen-bond donors (Lipinski definition) is 2. The van der Waals surface area contributed by atoms with Crippen molar-refractivity contribution in [3.8, 4) is 0 Å². The van der Waals surface area contributed by atoms with Crippen LogP contribution in [0.15, 0.2) is 35.5 Å². The van der Waals surface area contributed by atoms with Gasteiger partial charge in [0.25, 0.3) is 10.0 Å². The number of aromatic amines is 1. The quantitative estimate of drug-likeness (QED) is 0.855. The summed E-state index contributed by atoms with van der Waals surface area (Å²) < 4.78 is 39.3. The Labute approximate surface area is 116 Å². The van der Waals surface area contributed by atoms with E-state index < -0.39 is 15.8 Å². The highest BCUT2D eigenvalue weighted by Gasteiger charge is 2.26. The highest BCUT2D eigenvalue weighted by Crippen LogP contribution is 2.19. The first-order valence-corrected chi connectivity index (χ1v) is 7.33. The van der Waals surface area contributed by atoms with E-state index in [0.717, 1.165) is 4.31 Å². The molecule has 0 aliphatic heterocycles. The lowest BCUT2D eigenvalue weighted by Gasteiger charge is -2.17. The predicted molar refractivity (Wildman–Crippen MR) is 71.5 cm³/mol. The van der Waals surface area contributed by atoms with E-state index in [1.807, 2.05) is 0 Å². The van der Waals surface area contributed by atoms with Crippen molar-refractivity contribution < 1.29 is 12.8 Å². The molecule has 0 aliphatic rings. The van der Waals surface area contributed by atoms with Crippen LogP contribution in [0.5, 0.6) is 0 Å². The van der Waals surface area contributed by atoms with Crippen LogP contribution in [-0.2, 0) is 23.1 Å². The van der Waals surface area contributed by atoms with E-state index in [0.29, 0.717) is 11.1 Å². The van der Waals surface area contributed by atoms with E-state index >= 15 is 0 Å². The van der Waals surface area contributed by atoms with Gasteiger partial charge < -0.3 is 5.73 Å². The SMILES string of the molecule is CN(Cc1ccccc1F)S(=O)(=O)c1[nH]ncc1CN. The molecule has 2 aromatic rings. The lowest BCUT2D eigenvalue weighted by molar-refractivity contribution is 0.453. The Morgan fingerprint density at radius 3 is 2.70 bits per heavy atom. The average molecular weight is 298 g/mol. The molecule has 8 heteroatoms. The number of rotatable bonds is 5. The zero-order chi connectivity index (χ0) is 14.8. The van der Waals surface area contributed by atoms with Crippen molar-refractivity contribution in [2.75, 3.05) is 7.05 Å². The van der Waals surface area contributed by atoms with Gasteiger partial charge in [-0.2, -0.15) is 9.40 Å². The lowest BCUT2D eigenvalue weighted by Crippen LogP contribution is -2.28. The number of nitrogens with zero attached hydrogens (tertiary/aromatic N) is 2. The van der Waals surface area contributed by atoms with Gasteiger partial charge in [-0.25, -0.2) is 12.8 Å². The zero-order valence-corrected chi connectivity index (χ0v) is 11.7. The maximum absolute atomic E-state index is 13.6. The smallest absolute Gasteiger partial charge is 0.260 e. The van der Waals surface area contributed by atoms with E-state index in [2.05, 4.69) is 10.2 Å². The third kappa shape index (κ3) is 2.72. The molecule has 0 aliphatic carbocycles. The summed E-state index contributed by atoms with van der Waals surface area (Å²) in [4.78, 5) is 0. The predicted octanol–water partition coefficient (Wildman–Crippen LogP) is 0.828. The Balaban J connectivity index is 2.29. The summed E-state index contributed by atoms with van der Waals surface area (Å²) in [5, 5.41) is 6.05. The van der Waals surface area contributed by atoms with Crippen molar-refractivity contribution >= 4 is 10.0 Å². The molecule has 0 amide bonds. The zero-order valence-electron chi connectivity index (χ0n) is 10.9.